The number of phenolic OH excluding ortho intramolecular Hbond substituents is 1. The summed E-state index contributed by atoms with van der Waals surface area (Å²) in [4.78, 5) is 26.8. The van der Waals surface area contributed by atoms with Crippen molar-refractivity contribution in [2.45, 2.75) is 157 Å². The molecule has 0 bridgehead atoms. The molecule has 5 nitrogen and oxygen atoms in total. The fraction of sp³-hybridized carbons (Fsp3) is 0.632. The van der Waals surface area contributed by atoms with Crippen molar-refractivity contribution in [3.8, 4) is 11.5 Å². The van der Waals surface area contributed by atoms with Crippen LogP contribution in [0.1, 0.15) is 177 Å². The molecule has 0 saturated carbocycles. The third kappa shape index (κ3) is 9.09. The maximum absolute atomic E-state index is 14.1. The number of carbonyl (C=O) groups excluding carboxylic acids is 1. The van der Waals surface area contributed by atoms with Crippen LogP contribution in [0, 0.1) is 0 Å². The van der Waals surface area contributed by atoms with Gasteiger partial charge in [-0.15, -0.1) is 0 Å². The van der Waals surface area contributed by atoms with Crippen LogP contribution >= 0.6 is 0 Å². The van der Waals surface area contributed by atoms with Gasteiger partial charge in [-0.25, -0.2) is 9.59 Å². The highest BCUT2D eigenvalue weighted by atomic mass is 16.5. The topological polar surface area (TPSA) is 83.8 Å². The van der Waals surface area contributed by atoms with Crippen LogP contribution < -0.4 is 4.74 Å². The second-order valence-electron chi connectivity index (χ2n) is 16.3. The first-order valence-electron chi connectivity index (χ1n) is 16.1. The first kappa shape index (κ1) is 36.4. The number of carbonyl (C=O) groups is 2. The molecule has 2 aromatic rings. The van der Waals surface area contributed by atoms with E-state index in [1.165, 1.54) is 19.3 Å². The summed E-state index contributed by atoms with van der Waals surface area (Å²) < 4.78 is 6.41. The number of phenols is 1. The highest BCUT2D eigenvalue weighted by molar-refractivity contribution is 5.94. The zero-order valence-electron chi connectivity index (χ0n) is 29.3. The molecule has 0 atom stereocenters. The minimum Gasteiger partial charge on any atom is -0.507 e. The van der Waals surface area contributed by atoms with E-state index < -0.39 is 33.6 Å². The van der Waals surface area contributed by atoms with Gasteiger partial charge in [0.25, 0.3) is 0 Å². The summed E-state index contributed by atoms with van der Waals surface area (Å²) in [6, 6.07) is 5.21. The smallest absolute Gasteiger partial charge is 0.343 e. The van der Waals surface area contributed by atoms with E-state index >= 15 is 0 Å². The molecule has 2 rings (SSSR count). The van der Waals surface area contributed by atoms with E-state index in [1.54, 1.807) is 18.2 Å². The zero-order chi connectivity index (χ0) is 33.1. The van der Waals surface area contributed by atoms with E-state index in [-0.39, 0.29) is 11.3 Å². The Bertz CT molecular complexity index is 1270. The Kier molecular flexibility index (Phi) is 11.4. The van der Waals surface area contributed by atoms with Gasteiger partial charge in [-0.3, -0.25) is 0 Å². The highest BCUT2D eigenvalue weighted by Gasteiger charge is 2.35. The summed E-state index contributed by atoms with van der Waals surface area (Å²) in [7, 11) is 0. The van der Waals surface area contributed by atoms with Crippen molar-refractivity contribution in [1.29, 1.82) is 0 Å². The van der Waals surface area contributed by atoms with Gasteiger partial charge >= 0.3 is 11.9 Å². The molecule has 0 fully saturated rings. The average molecular weight is 595 g/mol. The minimum atomic E-state index is -0.960. The quantitative estimate of drug-likeness (QED) is 0.162. The molecular formula is C38H58O5. The maximum Gasteiger partial charge on any atom is 0.343 e. The summed E-state index contributed by atoms with van der Waals surface area (Å²) >= 11 is 0. The van der Waals surface area contributed by atoms with Crippen molar-refractivity contribution in [2.75, 3.05) is 0 Å². The summed E-state index contributed by atoms with van der Waals surface area (Å²) in [5.74, 6) is -0.813. The molecule has 0 spiro atoms. The number of hydrogen-bond donors (Lipinski definition) is 2. The lowest BCUT2D eigenvalue weighted by atomic mass is 9.74. The van der Waals surface area contributed by atoms with E-state index in [0.29, 0.717) is 34.4 Å². The first-order chi connectivity index (χ1) is 19.5. The van der Waals surface area contributed by atoms with Crippen molar-refractivity contribution in [3.63, 3.8) is 0 Å². The van der Waals surface area contributed by atoms with Crippen LogP contribution in [-0.2, 0) is 28.1 Å². The fourth-order valence-electron chi connectivity index (χ4n) is 5.74. The van der Waals surface area contributed by atoms with Crippen molar-refractivity contribution in [1.82, 2.24) is 0 Å². The third-order valence-corrected chi connectivity index (χ3v) is 8.11. The fourth-order valence-corrected chi connectivity index (χ4v) is 5.74. The molecule has 2 aromatic carbocycles. The van der Waals surface area contributed by atoms with Crippen LogP contribution in [-0.4, -0.2) is 22.2 Å². The van der Waals surface area contributed by atoms with E-state index in [1.807, 2.05) is 62.3 Å². The molecule has 0 aliphatic heterocycles. The molecule has 0 unspecified atom stereocenters. The van der Waals surface area contributed by atoms with Gasteiger partial charge in [0.05, 0.1) is 11.1 Å². The third-order valence-electron chi connectivity index (χ3n) is 8.11. The number of carboxylic acids is 1. The number of esters is 1. The second kappa shape index (κ2) is 13.4. The Morgan fingerprint density at radius 3 is 1.56 bits per heavy atom. The molecule has 5 heteroatoms. The summed E-state index contributed by atoms with van der Waals surface area (Å²) in [6.45, 7) is 26.5. The van der Waals surface area contributed by atoms with Crippen LogP contribution in [0.15, 0.2) is 18.2 Å². The average Bonchev–Trinajstić information content (AvgIpc) is 2.82. The largest absolute Gasteiger partial charge is 0.507 e. The van der Waals surface area contributed by atoms with E-state index in [0.717, 1.165) is 30.4 Å². The van der Waals surface area contributed by atoms with Gasteiger partial charge in [0.1, 0.15) is 11.5 Å². The predicted octanol–water partition coefficient (Wildman–Crippen LogP) is 10.4. The monoisotopic (exact) mass is 594 g/mol. The number of ether oxygens (including phenoxy) is 1. The van der Waals surface area contributed by atoms with Crippen molar-refractivity contribution >= 4 is 11.9 Å². The van der Waals surface area contributed by atoms with Crippen molar-refractivity contribution in [3.05, 3.63) is 57.1 Å². The lowest BCUT2D eigenvalue weighted by Gasteiger charge is -2.33. The Labute approximate surface area is 261 Å². The van der Waals surface area contributed by atoms with Crippen LogP contribution in [0.5, 0.6) is 11.5 Å². The van der Waals surface area contributed by atoms with Crippen molar-refractivity contribution in [2.24, 2.45) is 0 Å². The number of benzene rings is 2. The molecule has 2 N–H and O–H groups in total. The van der Waals surface area contributed by atoms with Gasteiger partial charge in [0, 0.05) is 22.3 Å². The van der Waals surface area contributed by atoms with Crippen LogP contribution in [0.3, 0.4) is 0 Å². The Balaban J connectivity index is 2.83. The SMILES string of the molecule is CCCCCCCCc1c(C(=O)O)cc(C(C)(C)C)c(OC(=O)c2cc(C(C)(C)C)c(O)c(C(C)(C)C)c2)c1C(C)(C)C. The number of unbranched alkanes of at least 4 members (excludes halogenated alkanes) is 5. The summed E-state index contributed by atoms with van der Waals surface area (Å²) in [5.41, 5.74) is 2.48. The Morgan fingerprint density at radius 1 is 0.674 bits per heavy atom. The molecule has 0 saturated heterocycles. The molecule has 0 amide bonds. The second-order valence-corrected chi connectivity index (χ2v) is 16.3. The molecule has 0 radical (unpaired) electrons. The Hall–Kier alpha value is -2.82. The Morgan fingerprint density at radius 2 is 1.14 bits per heavy atom. The predicted molar refractivity (Wildman–Crippen MR) is 178 cm³/mol. The molecule has 0 aliphatic rings. The van der Waals surface area contributed by atoms with Gasteiger partial charge in [0.15, 0.2) is 0 Å². The van der Waals surface area contributed by atoms with Gasteiger partial charge < -0.3 is 14.9 Å². The number of carboxylic acid groups (broad SMARTS) is 1. The van der Waals surface area contributed by atoms with Crippen molar-refractivity contribution < 1.29 is 24.5 Å². The maximum atomic E-state index is 14.1. The van der Waals surface area contributed by atoms with Crippen LogP contribution in [0.2, 0.25) is 0 Å². The molecular weight excluding hydrogens is 536 g/mol. The summed E-state index contributed by atoms with van der Waals surface area (Å²) in [6.07, 6.45) is 7.19. The van der Waals surface area contributed by atoms with Gasteiger partial charge in [-0.2, -0.15) is 0 Å². The summed E-state index contributed by atoms with van der Waals surface area (Å²) in [5, 5.41) is 21.6. The first-order valence-corrected chi connectivity index (χ1v) is 16.1. The molecule has 0 heterocycles. The van der Waals surface area contributed by atoms with E-state index in [4.69, 9.17) is 4.74 Å². The highest BCUT2D eigenvalue weighted by Crippen LogP contribution is 2.45. The van der Waals surface area contributed by atoms with Gasteiger partial charge in [-0.05, 0) is 58.3 Å². The van der Waals surface area contributed by atoms with Gasteiger partial charge in [0.2, 0.25) is 0 Å². The zero-order valence-corrected chi connectivity index (χ0v) is 29.3. The van der Waals surface area contributed by atoms with Crippen LogP contribution in [0.4, 0.5) is 0 Å². The minimum absolute atomic E-state index is 0.203. The molecule has 0 aromatic heterocycles. The van der Waals surface area contributed by atoms with E-state index in [9.17, 15) is 19.8 Å². The van der Waals surface area contributed by atoms with Crippen LogP contribution in [0.25, 0.3) is 0 Å². The number of rotatable bonds is 10. The lowest BCUT2D eigenvalue weighted by Crippen LogP contribution is -2.26. The number of aromatic hydroxyl groups is 1. The molecule has 240 valence electrons. The van der Waals surface area contributed by atoms with E-state index in [2.05, 4.69) is 27.7 Å². The number of aromatic carboxylic acids is 1. The number of hydrogen-bond acceptors (Lipinski definition) is 4. The standard InChI is InChI=1S/C38H58O5/c1-14-15-16-17-18-19-20-25-26(33(40)41)23-29(37(8,9)10)32(30(25)38(11,12)13)43-34(42)24-21-27(35(2,3)4)31(39)28(22-24)36(5,6)7/h21-23,39H,14-20H2,1-13H3,(H,40,41). The normalized spacial score (nSPS) is 12.9. The van der Waals surface area contributed by atoms with Gasteiger partial charge in [-0.1, -0.05) is 122 Å². The lowest BCUT2D eigenvalue weighted by molar-refractivity contribution is 0.0695. The molecule has 43 heavy (non-hydrogen) atoms. The molecule has 0 aliphatic carbocycles.